The van der Waals surface area contributed by atoms with Crippen molar-refractivity contribution in [3.63, 3.8) is 0 Å². The summed E-state index contributed by atoms with van der Waals surface area (Å²) in [5.41, 5.74) is 5.96. The molecule has 142 valence electrons. The fourth-order valence-corrected chi connectivity index (χ4v) is 3.25. The lowest BCUT2D eigenvalue weighted by atomic mass is 9.97. The third-order valence-corrected chi connectivity index (χ3v) is 4.97. The lowest BCUT2D eigenvalue weighted by Crippen LogP contribution is -2.26. The number of allylic oxidation sites excluding steroid dienone is 1. The molecule has 0 radical (unpaired) electrons. The van der Waals surface area contributed by atoms with E-state index in [0.29, 0.717) is 18.2 Å². The molecule has 1 aliphatic rings. The second-order valence-corrected chi connectivity index (χ2v) is 7.26. The summed E-state index contributed by atoms with van der Waals surface area (Å²) >= 11 is 0. The lowest BCUT2D eigenvalue weighted by molar-refractivity contribution is 0.0949. The number of aryl methyl sites for hydroxylation is 3. The third-order valence-electron chi connectivity index (χ3n) is 4.97. The summed E-state index contributed by atoms with van der Waals surface area (Å²) in [5, 5.41) is 6.19. The van der Waals surface area contributed by atoms with Crippen molar-refractivity contribution in [2.24, 2.45) is 0 Å². The minimum atomic E-state index is -0.153. The molecule has 1 aromatic heterocycles. The van der Waals surface area contributed by atoms with Gasteiger partial charge in [0.05, 0.1) is 0 Å². The Morgan fingerprint density at radius 3 is 2.67 bits per heavy atom. The Labute approximate surface area is 161 Å². The molecule has 1 heterocycles. The van der Waals surface area contributed by atoms with E-state index in [4.69, 9.17) is 0 Å². The molecule has 1 amide bonds. The Bertz CT molecular complexity index is 857. The molecule has 1 aliphatic carbocycles. The van der Waals surface area contributed by atoms with Crippen LogP contribution in [0.25, 0.3) is 0 Å². The van der Waals surface area contributed by atoms with E-state index < -0.39 is 0 Å². The topological polar surface area (TPSA) is 66.9 Å². The van der Waals surface area contributed by atoms with Crippen molar-refractivity contribution in [2.75, 3.05) is 11.9 Å². The van der Waals surface area contributed by atoms with Gasteiger partial charge in [-0.1, -0.05) is 17.7 Å². The Morgan fingerprint density at radius 2 is 1.93 bits per heavy atom. The second kappa shape index (κ2) is 8.80. The first-order valence-electron chi connectivity index (χ1n) is 9.67. The number of hydrogen-bond donors (Lipinski definition) is 2. The molecule has 2 aromatic rings. The fourth-order valence-electron chi connectivity index (χ4n) is 3.25. The zero-order valence-corrected chi connectivity index (χ0v) is 16.4. The predicted molar refractivity (Wildman–Crippen MR) is 109 cm³/mol. The van der Waals surface area contributed by atoms with Crippen molar-refractivity contribution >= 4 is 17.5 Å². The highest BCUT2D eigenvalue weighted by atomic mass is 16.1. The largest absolute Gasteiger partial charge is 0.350 e. The summed E-state index contributed by atoms with van der Waals surface area (Å²) in [5.74, 6) is 0.290. The molecule has 0 spiro atoms. The maximum absolute atomic E-state index is 12.5. The normalized spacial score (nSPS) is 13.8. The van der Waals surface area contributed by atoms with Gasteiger partial charge in [-0.15, -0.1) is 0 Å². The van der Waals surface area contributed by atoms with Crippen LogP contribution >= 0.6 is 0 Å². The van der Waals surface area contributed by atoms with Gasteiger partial charge in [0.15, 0.2) is 0 Å². The molecule has 0 saturated carbocycles. The van der Waals surface area contributed by atoms with E-state index >= 15 is 0 Å². The monoisotopic (exact) mass is 364 g/mol. The average molecular weight is 364 g/mol. The number of benzene rings is 1. The highest BCUT2D eigenvalue weighted by Crippen LogP contribution is 2.20. The van der Waals surface area contributed by atoms with Gasteiger partial charge in [-0.2, -0.15) is 0 Å². The van der Waals surface area contributed by atoms with Crippen LogP contribution in [-0.2, 0) is 0 Å². The van der Waals surface area contributed by atoms with Crippen LogP contribution in [0.5, 0.6) is 0 Å². The zero-order valence-electron chi connectivity index (χ0n) is 16.4. The van der Waals surface area contributed by atoms with Crippen LogP contribution < -0.4 is 10.6 Å². The van der Waals surface area contributed by atoms with E-state index in [-0.39, 0.29) is 5.91 Å². The van der Waals surface area contributed by atoms with Crippen molar-refractivity contribution in [1.29, 1.82) is 0 Å². The lowest BCUT2D eigenvalue weighted by Gasteiger charge is -2.13. The minimum absolute atomic E-state index is 0.153. The van der Waals surface area contributed by atoms with Crippen LogP contribution in [0.3, 0.4) is 0 Å². The maximum atomic E-state index is 12.5. The first-order chi connectivity index (χ1) is 13.0. The molecule has 0 unspecified atom stereocenters. The number of carbonyl (C=O) groups is 1. The predicted octanol–water partition coefficient (Wildman–Crippen LogP) is 4.77. The van der Waals surface area contributed by atoms with E-state index in [1.807, 2.05) is 13.0 Å². The molecule has 0 aliphatic heterocycles. The summed E-state index contributed by atoms with van der Waals surface area (Å²) < 4.78 is 0. The van der Waals surface area contributed by atoms with Gasteiger partial charge < -0.3 is 10.6 Å². The van der Waals surface area contributed by atoms with Gasteiger partial charge in [0.25, 0.3) is 5.91 Å². The van der Waals surface area contributed by atoms with E-state index in [1.54, 1.807) is 6.07 Å². The van der Waals surface area contributed by atoms with Crippen LogP contribution in [0, 0.1) is 20.8 Å². The summed E-state index contributed by atoms with van der Waals surface area (Å²) in [6, 6.07) is 7.83. The van der Waals surface area contributed by atoms with Gasteiger partial charge in [0.2, 0.25) is 5.95 Å². The number of amides is 1. The first kappa shape index (κ1) is 19.1. The number of nitrogens with zero attached hydrogens (tertiary/aromatic N) is 2. The second-order valence-electron chi connectivity index (χ2n) is 7.26. The van der Waals surface area contributed by atoms with Crippen LogP contribution in [0.2, 0.25) is 0 Å². The summed E-state index contributed by atoms with van der Waals surface area (Å²) in [6.45, 7) is 6.66. The van der Waals surface area contributed by atoms with Gasteiger partial charge in [-0.05, 0) is 82.2 Å². The summed E-state index contributed by atoms with van der Waals surface area (Å²) in [4.78, 5) is 21.3. The summed E-state index contributed by atoms with van der Waals surface area (Å²) in [7, 11) is 0. The third kappa shape index (κ3) is 5.39. The van der Waals surface area contributed by atoms with Crippen LogP contribution in [0.15, 0.2) is 35.9 Å². The Morgan fingerprint density at radius 1 is 1.07 bits per heavy atom. The van der Waals surface area contributed by atoms with E-state index in [2.05, 4.69) is 52.7 Å². The number of nitrogens with one attached hydrogen (secondary N) is 2. The molecule has 1 aromatic carbocycles. The molecule has 5 heteroatoms. The van der Waals surface area contributed by atoms with Crippen molar-refractivity contribution in [3.8, 4) is 0 Å². The van der Waals surface area contributed by atoms with E-state index in [9.17, 15) is 4.79 Å². The van der Waals surface area contributed by atoms with Gasteiger partial charge in [-0.25, -0.2) is 9.97 Å². The molecule has 27 heavy (non-hydrogen) atoms. The number of carbonyl (C=O) groups excluding carboxylic acids is 1. The van der Waals surface area contributed by atoms with E-state index in [0.717, 1.165) is 24.2 Å². The van der Waals surface area contributed by atoms with Gasteiger partial charge in [-0.3, -0.25) is 4.79 Å². The van der Waals surface area contributed by atoms with Gasteiger partial charge in [0, 0.05) is 17.9 Å². The molecule has 0 saturated heterocycles. The molecule has 0 bridgehead atoms. The first-order valence-corrected chi connectivity index (χ1v) is 9.67. The van der Waals surface area contributed by atoms with Crippen molar-refractivity contribution in [3.05, 3.63) is 58.4 Å². The SMILES string of the molecule is Cc1cc(C(=O)NCCC2=CCCCC2)nc(Nc2ccc(C)c(C)c2)n1. The molecule has 0 fully saturated rings. The molecule has 5 nitrogen and oxygen atoms in total. The molecule has 2 N–H and O–H groups in total. The van der Waals surface area contributed by atoms with Crippen LogP contribution in [-0.4, -0.2) is 22.4 Å². The number of aromatic nitrogens is 2. The number of rotatable bonds is 6. The summed E-state index contributed by atoms with van der Waals surface area (Å²) in [6.07, 6.45) is 8.11. The quantitative estimate of drug-likeness (QED) is 0.725. The Kier molecular flexibility index (Phi) is 6.22. The van der Waals surface area contributed by atoms with Gasteiger partial charge >= 0.3 is 0 Å². The van der Waals surface area contributed by atoms with Crippen LogP contribution in [0.4, 0.5) is 11.6 Å². The van der Waals surface area contributed by atoms with Gasteiger partial charge in [0.1, 0.15) is 5.69 Å². The highest BCUT2D eigenvalue weighted by Gasteiger charge is 2.11. The molecular weight excluding hydrogens is 336 g/mol. The van der Waals surface area contributed by atoms with Crippen molar-refractivity contribution in [1.82, 2.24) is 15.3 Å². The van der Waals surface area contributed by atoms with Crippen molar-refractivity contribution in [2.45, 2.75) is 52.9 Å². The van der Waals surface area contributed by atoms with Crippen LogP contribution in [0.1, 0.15) is 59.4 Å². The molecule has 3 rings (SSSR count). The Balaban J connectivity index is 1.64. The smallest absolute Gasteiger partial charge is 0.270 e. The molecular formula is C22H28N4O. The molecule has 0 atom stereocenters. The zero-order chi connectivity index (χ0) is 19.2. The Hall–Kier alpha value is -2.69. The number of anilines is 2. The standard InChI is InChI=1S/C22H28N4O/c1-15-9-10-19(13-16(15)2)25-22-24-17(3)14-20(26-22)21(27)23-12-11-18-7-5-4-6-8-18/h7,9-10,13-14H,4-6,8,11-12H2,1-3H3,(H,23,27)(H,24,25,26). The number of hydrogen-bond acceptors (Lipinski definition) is 4. The highest BCUT2D eigenvalue weighted by molar-refractivity contribution is 5.92. The van der Waals surface area contributed by atoms with E-state index in [1.165, 1.54) is 36.0 Å². The fraction of sp³-hybridized carbons (Fsp3) is 0.409. The van der Waals surface area contributed by atoms with Crippen molar-refractivity contribution < 1.29 is 4.79 Å². The minimum Gasteiger partial charge on any atom is -0.350 e. The maximum Gasteiger partial charge on any atom is 0.270 e. The average Bonchev–Trinajstić information content (AvgIpc) is 2.65.